The zero-order valence-corrected chi connectivity index (χ0v) is 12.9. The number of carboxylic acids is 1. The molecule has 1 aromatic carbocycles. The van der Waals surface area contributed by atoms with Crippen molar-refractivity contribution < 1.29 is 14.7 Å². The Morgan fingerprint density at radius 2 is 1.91 bits per heavy atom. The molecular formula is C18H18N2O3. The molecule has 1 aliphatic heterocycles. The molecule has 0 spiro atoms. The first-order valence-corrected chi connectivity index (χ1v) is 7.64. The molecule has 0 saturated carbocycles. The molecule has 1 atom stereocenters. The number of likely N-dealkylation sites (tertiary alicyclic amines) is 1. The van der Waals surface area contributed by atoms with Crippen LogP contribution in [0.4, 0.5) is 0 Å². The molecular weight excluding hydrogens is 292 g/mol. The Morgan fingerprint density at radius 3 is 2.65 bits per heavy atom. The van der Waals surface area contributed by atoms with Crippen LogP contribution < -0.4 is 0 Å². The van der Waals surface area contributed by atoms with E-state index in [0.717, 1.165) is 24.0 Å². The third kappa shape index (κ3) is 3.08. The van der Waals surface area contributed by atoms with Crippen molar-refractivity contribution in [2.75, 3.05) is 6.54 Å². The number of carbonyl (C=O) groups is 2. The summed E-state index contributed by atoms with van der Waals surface area (Å²) in [6, 6.07) is 12.7. The standard InChI is InChI=1S/C18H18N2O3/c1-12-5-2-6-13(11-12)16-9-4-10-20(16)17(21)14-7-3-8-15(19-14)18(22)23/h2-3,5-8,11,16H,4,9-10H2,1H3,(H,22,23). The molecule has 1 aliphatic rings. The fraction of sp³-hybridized carbons (Fsp3) is 0.278. The van der Waals surface area contributed by atoms with E-state index in [1.165, 1.54) is 6.07 Å². The van der Waals surface area contributed by atoms with Crippen LogP contribution in [0, 0.1) is 6.92 Å². The number of carbonyl (C=O) groups excluding carboxylic acids is 1. The van der Waals surface area contributed by atoms with Gasteiger partial charge in [-0.25, -0.2) is 9.78 Å². The average Bonchev–Trinajstić information content (AvgIpc) is 3.04. The van der Waals surface area contributed by atoms with Crippen molar-refractivity contribution in [1.82, 2.24) is 9.88 Å². The van der Waals surface area contributed by atoms with Crippen molar-refractivity contribution in [3.05, 3.63) is 65.0 Å². The topological polar surface area (TPSA) is 70.5 Å². The van der Waals surface area contributed by atoms with Crippen LogP contribution in [0.5, 0.6) is 0 Å². The van der Waals surface area contributed by atoms with E-state index in [-0.39, 0.29) is 23.3 Å². The normalized spacial score (nSPS) is 17.3. The minimum absolute atomic E-state index is 0.0256. The van der Waals surface area contributed by atoms with Gasteiger partial charge in [0.1, 0.15) is 11.4 Å². The Labute approximate surface area is 134 Å². The lowest BCUT2D eigenvalue weighted by Crippen LogP contribution is -2.31. The number of aromatic nitrogens is 1. The van der Waals surface area contributed by atoms with Crippen molar-refractivity contribution in [3.8, 4) is 0 Å². The number of pyridine rings is 1. The number of rotatable bonds is 3. The van der Waals surface area contributed by atoms with Crippen LogP contribution in [0.15, 0.2) is 42.5 Å². The number of benzene rings is 1. The Hall–Kier alpha value is -2.69. The Bertz CT molecular complexity index is 757. The van der Waals surface area contributed by atoms with Crippen molar-refractivity contribution in [2.24, 2.45) is 0 Å². The Morgan fingerprint density at radius 1 is 1.17 bits per heavy atom. The van der Waals surface area contributed by atoms with Gasteiger partial charge >= 0.3 is 5.97 Å². The molecule has 1 N–H and O–H groups in total. The Balaban J connectivity index is 1.89. The summed E-state index contributed by atoms with van der Waals surface area (Å²) in [6.07, 6.45) is 1.84. The smallest absolute Gasteiger partial charge is 0.354 e. The second kappa shape index (κ2) is 6.20. The molecule has 23 heavy (non-hydrogen) atoms. The van der Waals surface area contributed by atoms with Crippen LogP contribution in [-0.4, -0.2) is 33.4 Å². The summed E-state index contributed by atoms with van der Waals surface area (Å²) >= 11 is 0. The summed E-state index contributed by atoms with van der Waals surface area (Å²) in [7, 11) is 0. The molecule has 5 nitrogen and oxygen atoms in total. The molecule has 5 heteroatoms. The number of aromatic carboxylic acids is 1. The minimum Gasteiger partial charge on any atom is -0.477 e. The van der Waals surface area contributed by atoms with Crippen LogP contribution in [-0.2, 0) is 0 Å². The SMILES string of the molecule is Cc1cccc(C2CCCN2C(=O)c2cccc(C(=O)O)n2)c1. The van der Waals surface area contributed by atoms with E-state index in [9.17, 15) is 9.59 Å². The van der Waals surface area contributed by atoms with Gasteiger partial charge in [0.15, 0.2) is 0 Å². The van der Waals surface area contributed by atoms with E-state index in [4.69, 9.17) is 5.11 Å². The maximum Gasteiger partial charge on any atom is 0.354 e. The summed E-state index contributed by atoms with van der Waals surface area (Å²) in [4.78, 5) is 29.6. The lowest BCUT2D eigenvalue weighted by molar-refractivity contribution is 0.0689. The number of amides is 1. The number of hydrogen-bond donors (Lipinski definition) is 1. The zero-order chi connectivity index (χ0) is 16.4. The van der Waals surface area contributed by atoms with Gasteiger partial charge in [-0.15, -0.1) is 0 Å². The lowest BCUT2D eigenvalue weighted by Gasteiger charge is -2.25. The molecule has 2 heterocycles. The van der Waals surface area contributed by atoms with Crippen LogP contribution in [0.3, 0.4) is 0 Å². The van der Waals surface area contributed by atoms with E-state index >= 15 is 0 Å². The maximum atomic E-state index is 12.8. The van der Waals surface area contributed by atoms with E-state index in [2.05, 4.69) is 11.1 Å². The molecule has 1 aromatic heterocycles. The van der Waals surface area contributed by atoms with Gasteiger partial charge in [-0.3, -0.25) is 4.79 Å². The molecule has 0 radical (unpaired) electrons. The summed E-state index contributed by atoms with van der Waals surface area (Å²) < 4.78 is 0. The first-order valence-electron chi connectivity index (χ1n) is 7.64. The van der Waals surface area contributed by atoms with Gasteiger partial charge in [0.05, 0.1) is 6.04 Å². The maximum absolute atomic E-state index is 12.8. The highest BCUT2D eigenvalue weighted by Crippen LogP contribution is 2.33. The third-order valence-corrected chi connectivity index (χ3v) is 4.13. The molecule has 1 fully saturated rings. The van der Waals surface area contributed by atoms with Crippen molar-refractivity contribution in [1.29, 1.82) is 0 Å². The van der Waals surface area contributed by atoms with Crippen LogP contribution >= 0.6 is 0 Å². The first-order chi connectivity index (χ1) is 11.1. The van der Waals surface area contributed by atoms with Gasteiger partial charge in [0.25, 0.3) is 5.91 Å². The van der Waals surface area contributed by atoms with E-state index < -0.39 is 5.97 Å². The second-order valence-electron chi connectivity index (χ2n) is 5.78. The molecule has 0 bridgehead atoms. The predicted octanol–water partition coefficient (Wildman–Crippen LogP) is 3.07. The molecule has 1 unspecified atom stereocenters. The molecule has 118 valence electrons. The van der Waals surface area contributed by atoms with Crippen molar-refractivity contribution in [2.45, 2.75) is 25.8 Å². The monoisotopic (exact) mass is 310 g/mol. The van der Waals surface area contributed by atoms with Gasteiger partial charge in [-0.05, 0) is 37.5 Å². The minimum atomic E-state index is -1.13. The van der Waals surface area contributed by atoms with E-state index in [1.54, 1.807) is 17.0 Å². The molecule has 1 saturated heterocycles. The van der Waals surface area contributed by atoms with Crippen LogP contribution in [0.25, 0.3) is 0 Å². The fourth-order valence-corrected chi connectivity index (χ4v) is 3.05. The summed E-state index contributed by atoms with van der Waals surface area (Å²) in [5, 5.41) is 9.03. The average molecular weight is 310 g/mol. The first kappa shape index (κ1) is 15.2. The quantitative estimate of drug-likeness (QED) is 0.946. The van der Waals surface area contributed by atoms with Gasteiger partial charge in [0, 0.05) is 6.54 Å². The molecule has 3 rings (SSSR count). The van der Waals surface area contributed by atoms with E-state index in [0.29, 0.717) is 6.54 Å². The second-order valence-corrected chi connectivity index (χ2v) is 5.78. The van der Waals surface area contributed by atoms with Crippen LogP contribution in [0.2, 0.25) is 0 Å². The zero-order valence-electron chi connectivity index (χ0n) is 12.9. The Kier molecular flexibility index (Phi) is 4.10. The highest BCUT2D eigenvalue weighted by atomic mass is 16.4. The molecule has 1 amide bonds. The van der Waals surface area contributed by atoms with Crippen molar-refractivity contribution >= 4 is 11.9 Å². The number of nitrogens with zero attached hydrogens (tertiary/aromatic N) is 2. The number of hydrogen-bond acceptors (Lipinski definition) is 3. The largest absolute Gasteiger partial charge is 0.477 e. The number of aryl methyl sites for hydroxylation is 1. The van der Waals surface area contributed by atoms with Gasteiger partial charge in [0.2, 0.25) is 0 Å². The van der Waals surface area contributed by atoms with Gasteiger partial charge < -0.3 is 10.0 Å². The van der Waals surface area contributed by atoms with Gasteiger partial charge in [-0.1, -0.05) is 35.9 Å². The summed E-state index contributed by atoms with van der Waals surface area (Å²) in [5.74, 6) is -1.34. The number of carboxylic acid groups (broad SMARTS) is 1. The highest BCUT2D eigenvalue weighted by molar-refractivity contribution is 5.94. The summed E-state index contributed by atoms with van der Waals surface area (Å²) in [5.41, 5.74) is 2.35. The predicted molar refractivity (Wildman–Crippen MR) is 85.4 cm³/mol. The van der Waals surface area contributed by atoms with E-state index in [1.807, 2.05) is 25.1 Å². The fourth-order valence-electron chi connectivity index (χ4n) is 3.05. The molecule has 0 aliphatic carbocycles. The lowest BCUT2D eigenvalue weighted by atomic mass is 10.0. The van der Waals surface area contributed by atoms with Crippen LogP contribution in [0.1, 0.15) is 51.0 Å². The summed E-state index contributed by atoms with van der Waals surface area (Å²) in [6.45, 7) is 2.69. The molecule has 2 aromatic rings. The third-order valence-electron chi connectivity index (χ3n) is 4.13. The van der Waals surface area contributed by atoms with Crippen molar-refractivity contribution in [3.63, 3.8) is 0 Å². The van der Waals surface area contributed by atoms with Gasteiger partial charge in [-0.2, -0.15) is 0 Å². The highest BCUT2D eigenvalue weighted by Gasteiger charge is 2.31.